The van der Waals surface area contributed by atoms with Gasteiger partial charge in [0.25, 0.3) is 0 Å². The highest BCUT2D eigenvalue weighted by molar-refractivity contribution is 6.30. The Kier molecular flexibility index (Phi) is 3.92. The van der Waals surface area contributed by atoms with Crippen LogP contribution in [0.15, 0.2) is 30.7 Å². The zero-order chi connectivity index (χ0) is 15.9. The van der Waals surface area contributed by atoms with Crippen molar-refractivity contribution in [2.75, 3.05) is 19.7 Å². The molecule has 2 aromatic rings. The molecule has 3 heterocycles. The number of imidazole rings is 1. The van der Waals surface area contributed by atoms with Crippen molar-refractivity contribution in [2.24, 2.45) is 7.05 Å². The third kappa shape index (κ3) is 2.91. The van der Waals surface area contributed by atoms with Gasteiger partial charge in [0.05, 0.1) is 24.2 Å². The highest BCUT2D eigenvalue weighted by Gasteiger charge is 2.40. The summed E-state index contributed by atoms with van der Waals surface area (Å²) in [5, 5.41) is 0.810. The Labute approximate surface area is 142 Å². The molecule has 2 aliphatic heterocycles. The molecule has 4 nitrogen and oxygen atoms in total. The molecule has 4 rings (SSSR count). The molecule has 1 aromatic carbocycles. The van der Waals surface area contributed by atoms with Crippen molar-refractivity contribution in [2.45, 2.75) is 31.4 Å². The average molecular weight is 332 g/mol. The van der Waals surface area contributed by atoms with E-state index in [1.54, 1.807) is 0 Å². The minimum atomic E-state index is -0.140. The molecular weight excluding hydrogens is 310 g/mol. The summed E-state index contributed by atoms with van der Waals surface area (Å²) < 4.78 is 8.29. The van der Waals surface area contributed by atoms with Crippen LogP contribution >= 0.6 is 11.6 Å². The van der Waals surface area contributed by atoms with Gasteiger partial charge < -0.3 is 9.30 Å². The predicted octanol–water partition coefficient (Wildman–Crippen LogP) is 3.14. The number of piperidine rings is 1. The summed E-state index contributed by atoms with van der Waals surface area (Å²) in [7, 11) is 2.01. The van der Waals surface area contributed by atoms with E-state index in [0.717, 1.165) is 56.2 Å². The highest BCUT2D eigenvalue weighted by Crippen LogP contribution is 2.42. The van der Waals surface area contributed by atoms with E-state index >= 15 is 0 Å². The number of nitrogens with zero attached hydrogens (tertiary/aromatic N) is 3. The summed E-state index contributed by atoms with van der Waals surface area (Å²) in [6.07, 6.45) is 6.99. The third-order valence-corrected chi connectivity index (χ3v) is 5.36. The second kappa shape index (κ2) is 5.93. The van der Waals surface area contributed by atoms with E-state index in [0.29, 0.717) is 0 Å². The van der Waals surface area contributed by atoms with E-state index in [1.165, 1.54) is 11.1 Å². The Balaban J connectivity index is 1.50. The van der Waals surface area contributed by atoms with E-state index in [4.69, 9.17) is 16.3 Å². The molecule has 0 atom stereocenters. The number of ether oxygens (including phenoxy) is 1. The van der Waals surface area contributed by atoms with Crippen LogP contribution in [0.25, 0.3) is 0 Å². The van der Waals surface area contributed by atoms with Crippen LogP contribution in [-0.4, -0.2) is 34.1 Å². The van der Waals surface area contributed by atoms with Crippen molar-refractivity contribution in [1.82, 2.24) is 14.5 Å². The Morgan fingerprint density at radius 1 is 1.30 bits per heavy atom. The third-order valence-electron chi connectivity index (χ3n) is 5.12. The summed E-state index contributed by atoms with van der Waals surface area (Å²) >= 11 is 6.24. The van der Waals surface area contributed by atoms with Gasteiger partial charge in [-0.1, -0.05) is 17.7 Å². The Hall–Kier alpha value is -1.36. The van der Waals surface area contributed by atoms with Crippen molar-refractivity contribution >= 4 is 11.6 Å². The summed E-state index contributed by atoms with van der Waals surface area (Å²) in [6.45, 7) is 3.79. The molecule has 23 heavy (non-hydrogen) atoms. The summed E-state index contributed by atoms with van der Waals surface area (Å²) in [6, 6.07) is 6.28. The molecule has 0 amide bonds. The summed E-state index contributed by atoms with van der Waals surface area (Å²) in [4.78, 5) is 6.90. The molecule has 122 valence electrons. The van der Waals surface area contributed by atoms with E-state index in [9.17, 15) is 0 Å². The molecule has 0 bridgehead atoms. The predicted molar refractivity (Wildman–Crippen MR) is 90.5 cm³/mol. The molecule has 2 aliphatic rings. The number of aromatic nitrogens is 2. The van der Waals surface area contributed by atoms with Gasteiger partial charge in [0.2, 0.25) is 0 Å². The number of fused-ring (bicyclic) bond motifs is 2. The van der Waals surface area contributed by atoms with Crippen LogP contribution in [0.4, 0.5) is 0 Å². The quantitative estimate of drug-likeness (QED) is 0.847. The first-order chi connectivity index (χ1) is 11.1. The Bertz CT molecular complexity index is 704. The van der Waals surface area contributed by atoms with Gasteiger partial charge in [-0.15, -0.1) is 0 Å². The molecule has 1 aromatic heterocycles. The molecule has 5 heteroatoms. The van der Waals surface area contributed by atoms with E-state index in [1.807, 2.05) is 24.0 Å². The van der Waals surface area contributed by atoms with Crippen LogP contribution in [0.5, 0.6) is 0 Å². The molecule has 0 N–H and O–H groups in total. The van der Waals surface area contributed by atoms with E-state index < -0.39 is 0 Å². The first-order valence-corrected chi connectivity index (χ1v) is 8.64. The number of likely N-dealkylation sites (tertiary alicyclic amines) is 1. The maximum atomic E-state index is 6.29. The number of aryl methyl sites for hydroxylation is 1. The topological polar surface area (TPSA) is 30.3 Å². The second-order valence-electron chi connectivity index (χ2n) is 6.70. The fraction of sp³-hybridized carbons (Fsp3) is 0.500. The monoisotopic (exact) mass is 331 g/mol. The normalized spacial score (nSPS) is 20.6. The molecule has 0 saturated carbocycles. The van der Waals surface area contributed by atoms with Gasteiger partial charge in [0.1, 0.15) is 0 Å². The SMILES string of the molecule is Cn1cnc(CN2CCC3(CC2)OCCc2ccc(Cl)cc23)c1. The summed E-state index contributed by atoms with van der Waals surface area (Å²) in [5.41, 5.74) is 3.71. The smallest absolute Gasteiger partial charge is 0.0959 e. The minimum Gasteiger partial charge on any atom is -0.370 e. The van der Waals surface area contributed by atoms with Gasteiger partial charge >= 0.3 is 0 Å². The van der Waals surface area contributed by atoms with Gasteiger partial charge in [0, 0.05) is 37.9 Å². The van der Waals surface area contributed by atoms with Crippen LogP contribution in [0.3, 0.4) is 0 Å². The molecule has 1 fully saturated rings. The summed E-state index contributed by atoms with van der Waals surface area (Å²) in [5.74, 6) is 0. The van der Waals surface area contributed by atoms with Gasteiger partial charge in [-0.25, -0.2) is 4.98 Å². The number of hydrogen-bond donors (Lipinski definition) is 0. The van der Waals surface area contributed by atoms with Crippen molar-refractivity contribution in [3.8, 4) is 0 Å². The molecular formula is C18H22ClN3O. The maximum Gasteiger partial charge on any atom is 0.0959 e. The van der Waals surface area contributed by atoms with E-state index in [2.05, 4.69) is 28.2 Å². The zero-order valence-electron chi connectivity index (χ0n) is 13.5. The molecule has 0 aliphatic carbocycles. The number of hydrogen-bond acceptors (Lipinski definition) is 3. The van der Waals surface area contributed by atoms with Crippen LogP contribution < -0.4 is 0 Å². The molecule has 1 spiro atoms. The van der Waals surface area contributed by atoms with Crippen LogP contribution in [0, 0.1) is 0 Å². The Morgan fingerprint density at radius 2 is 2.13 bits per heavy atom. The van der Waals surface area contributed by atoms with E-state index in [-0.39, 0.29) is 5.60 Å². The molecule has 0 unspecified atom stereocenters. The Morgan fingerprint density at radius 3 is 2.87 bits per heavy atom. The highest BCUT2D eigenvalue weighted by atomic mass is 35.5. The number of halogens is 1. The average Bonchev–Trinajstić information content (AvgIpc) is 2.96. The molecule has 1 saturated heterocycles. The van der Waals surface area contributed by atoms with Crippen LogP contribution in [-0.2, 0) is 30.4 Å². The van der Waals surface area contributed by atoms with Gasteiger partial charge in [-0.2, -0.15) is 0 Å². The largest absolute Gasteiger partial charge is 0.370 e. The first kappa shape index (κ1) is 15.2. The maximum absolute atomic E-state index is 6.29. The van der Waals surface area contributed by atoms with Gasteiger partial charge in [-0.3, -0.25) is 4.90 Å². The van der Waals surface area contributed by atoms with Gasteiger partial charge in [0.15, 0.2) is 0 Å². The fourth-order valence-electron chi connectivity index (χ4n) is 3.89. The van der Waals surface area contributed by atoms with Crippen molar-refractivity contribution in [3.63, 3.8) is 0 Å². The molecule has 0 radical (unpaired) electrons. The van der Waals surface area contributed by atoms with Crippen molar-refractivity contribution < 1.29 is 4.74 Å². The van der Waals surface area contributed by atoms with Crippen LogP contribution in [0.2, 0.25) is 5.02 Å². The lowest BCUT2D eigenvalue weighted by molar-refractivity contribution is -0.0990. The lowest BCUT2D eigenvalue weighted by Gasteiger charge is -2.45. The number of rotatable bonds is 2. The zero-order valence-corrected chi connectivity index (χ0v) is 14.2. The fourth-order valence-corrected chi connectivity index (χ4v) is 4.06. The standard InChI is InChI=1S/C18H22ClN3O/c1-21-11-16(20-13-21)12-22-7-5-18(6-8-22)17-10-15(19)3-2-14(17)4-9-23-18/h2-3,10-11,13H,4-9,12H2,1H3. The second-order valence-corrected chi connectivity index (χ2v) is 7.14. The number of benzene rings is 1. The van der Waals surface area contributed by atoms with Crippen molar-refractivity contribution in [3.05, 3.63) is 52.6 Å². The van der Waals surface area contributed by atoms with Crippen LogP contribution in [0.1, 0.15) is 29.7 Å². The first-order valence-electron chi connectivity index (χ1n) is 8.27. The van der Waals surface area contributed by atoms with Gasteiger partial charge in [-0.05, 0) is 42.5 Å². The van der Waals surface area contributed by atoms with Crippen molar-refractivity contribution in [1.29, 1.82) is 0 Å². The lowest BCUT2D eigenvalue weighted by atomic mass is 9.79. The minimum absolute atomic E-state index is 0.140. The lowest BCUT2D eigenvalue weighted by Crippen LogP contribution is -2.46.